The Morgan fingerprint density at radius 3 is 1.96 bits per heavy atom. The molecule has 0 aliphatic carbocycles. The number of H-pyrrole nitrogens is 1. The van der Waals surface area contributed by atoms with E-state index >= 15 is 0 Å². The number of hydrogen-bond acceptors (Lipinski definition) is 6. The van der Waals surface area contributed by atoms with Crippen LogP contribution >= 0.6 is 34.8 Å². The Morgan fingerprint density at radius 2 is 1.41 bits per heavy atom. The van der Waals surface area contributed by atoms with Gasteiger partial charge in [0.2, 0.25) is 10.6 Å². The third-order valence-electron chi connectivity index (χ3n) is 3.46. The molecule has 0 atom stereocenters. The molecule has 3 aromatic rings. The molecule has 0 saturated carbocycles. The van der Waals surface area contributed by atoms with Crippen LogP contribution in [0.5, 0.6) is 0 Å². The van der Waals surface area contributed by atoms with Gasteiger partial charge in [0.1, 0.15) is 11.0 Å². The lowest BCUT2D eigenvalue weighted by molar-refractivity contribution is 0.973. The zero-order valence-electron chi connectivity index (χ0n) is 15.2. The van der Waals surface area contributed by atoms with Crippen LogP contribution in [0.2, 0.25) is 15.7 Å². The summed E-state index contributed by atoms with van der Waals surface area (Å²) in [5.41, 5.74) is 2.84. The number of aromatic nitrogens is 6. The number of hydrogen-bond donors (Lipinski definition) is 2. The molecule has 144 valence electrons. The first-order chi connectivity index (χ1) is 12.9. The monoisotopic (exact) mass is 427 g/mol. The number of rotatable bonds is 5. The quantitative estimate of drug-likeness (QED) is 0.435. The molecule has 0 bridgehead atoms. The first-order valence-electron chi connectivity index (χ1n) is 8.47. The van der Waals surface area contributed by atoms with Crippen LogP contribution < -0.4 is 5.32 Å². The fourth-order valence-electron chi connectivity index (χ4n) is 2.06. The molecule has 0 fully saturated rings. The number of nitrogens with one attached hydrogen (secondary N) is 2. The van der Waals surface area contributed by atoms with E-state index in [-0.39, 0.29) is 10.6 Å². The van der Waals surface area contributed by atoms with Crippen LogP contribution in [0.3, 0.4) is 0 Å². The van der Waals surface area contributed by atoms with Crippen molar-refractivity contribution in [1.82, 2.24) is 30.1 Å². The molecule has 0 aromatic carbocycles. The van der Waals surface area contributed by atoms with E-state index < -0.39 is 0 Å². The molecule has 0 unspecified atom stereocenters. The van der Waals surface area contributed by atoms with Crippen LogP contribution in [0.15, 0.2) is 18.2 Å². The van der Waals surface area contributed by atoms with Gasteiger partial charge in [-0.05, 0) is 48.5 Å². The van der Waals surface area contributed by atoms with Crippen molar-refractivity contribution in [3.8, 4) is 0 Å². The minimum Gasteiger partial charge on any atom is -0.323 e. The normalized spacial score (nSPS) is 10.3. The lowest BCUT2D eigenvalue weighted by atomic mass is 10.3. The van der Waals surface area contributed by atoms with Crippen molar-refractivity contribution in [2.24, 2.45) is 0 Å². The molecule has 0 aliphatic heterocycles. The van der Waals surface area contributed by atoms with Gasteiger partial charge < -0.3 is 5.32 Å². The van der Waals surface area contributed by atoms with Crippen LogP contribution in [0.4, 0.5) is 11.6 Å². The summed E-state index contributed by atoms with van der Waals surface area (Å²) in [4.78, 5) is 15.8. The SMILES string of the molecule is CCc1cc(Cl)nc(Cl)n1.CCc1cc(Nc2cc(CC)[nH]n2)nc(Cl)n1. The van der Waals surface area contributed by atoms with E-state index in [9.17, 15) is 0 Å². The minimum absolute atomic E-state index is 0.212. The molecule has 0 spiro atoms. The number of anilines is 2. The van der Waals surface area contributed by atoms with Crippen molar-refractivity contribution < 1.29 is 0 Å². The standard InChI is InChI=1S/C11H14ClN5.C6H6Cl2N2/c1-3-7-5-9(15-11(12)13-7)14-10-6-8(4-2)16-17-10;1-2-4-3-5(7)10-6(8)9-4/h5-6H,3-4H2,1-2H3,(H2,13,14,15,16,17);3H,2H2,1H3. The maximum atomic E-state index is 5.84. The largest absolute Gasteiger partial charge is 0.323 e. The van der Waals surface area contributed by atoms with E-state index in [1.165, 1.54) is 0 Å². The summed E-state index contributed by atoms with van der Waals surface area (Å²) in [6.07, 6.45) is 2.55. The highest BCUT2D eigenvalue weighted by Crippen LogP contribution is 2.16. The summed E-state index contributed by atoms with van der Waals surface area (Å²) in [6, 6.07) is 5.52. The van der Waals surface area contributed by atoms with Gasteiger partial charge in [0.15, 0.2) is 5.82 Å². The van der Waals surface area contributed by atoms with Crippen molar-refractivity contribution in [2.45, 2.75) is 40.0 Å². The molecule has 0 saturated heterocycles. The lowest BCUT2D eigenvalue weighted by Crippen LogP contribution is -1.98. The Hall–Kier alpha value is -1.96. The Kier molecular flexibility index (Phi) is 8.22. The summed E-state index contributed by atoms with van der Waals surface area (Å²) < 4.78 is 0. The molecule has 3 aromatic heterocycles. The highest BCUT2D eigenvalue weighted by Gasteiger charge is 2.04. The topological polar surface area (TPSA) is 92.3 Å². The highest BCUT2D eigenvalue weighted by molar-refractivity contribution is 6.31. The third-order valence-corrected chi connectivity index (χ3v) is 4.00. The Bertz CT molecular complexity index is 862. The Balaban J connectivity index is 0.000000223. The molecule has 0 aliphatic rings. The molecule has 0 amide bonds. The molecule has 10 heteroatoms. The van der Waals surface area contributed by atoms with Crippen molar-refractivity contribution in [3.63, 3.8) is 0 Å². The van der Waals surface area contributed by atoms with Gasteiger partial charge in [-0.1, -0.05) is 32.4 Å². The van der Waals surface area contributed by atoms with Crippen LogP contribution in [0.25, 0.3) is 0 Å². The molecule has 7 nitrogen and oxygen atoms in total. The Morgan fingerprint density at radius 1 is 0.778 bits per heavy atom. The van der Waals surface area contributed by atoms with Gasteiger partial charge in [-0.2, -0.15) is 5.10 Å². The van der Waals surface area contributed by atoms with E-state index in [0.717, 1.165) is 42.2 Å². The number of nitrogens with zero attached hydrogens (tertiary/aromatic N) is 5. The van der Waals surface area contributed by atoms with Gasteiger partial charge in [0.25, 0.3) is 0 Å². The van der Waals surface area contributed by atoms with Crippen LogP contribution in [-0.2, 0) is 19.3 Å². The van der Waals surface area contributed by atoms with E-state index in [1.807, 2.05) is 26.0 Å². The van der Waals surface area contributed by atoms with E-state index in [1.54, 1.807) is 6.07 Å². The molecule has 0 radical (unpaired) electrons. The molecule has 2 N–H and O–H groups in total. The molecular formula is C17H20Cl3N7. The van der Waals surface area contributed by atoms with Crippen molar-refractivity contribution >= 4 is 46.4 Å². The lowest BCUT2D eigenvalue weighted by Gasteiger charge is -2.03. The van der Waals surface area contributed by atoms with E-state index in [0.29, 0.717) is 11.0 Å². The van der Waals surface area contributed by atoms with Gasteiger partial charge in [0.05, 0.1) is 0 Å². The summed E-state index contributed by atoms with van der Waals surface area (Å²) in [5.74, 6) is 1.40. The molecule has 3 rings (SSSR count). The first-order valence-corrected chi connectivity index (χ1v) is 9.60. The van der Waals surface area contributed by atoms with Gasteiger partial charge in [-0.15, -0.1) is 0 Å². The maximum Gasteiger partial charge on any atom is 0.224 e. The van der Waals surface area contributed by atoms with Crippen molar-refractivity contribution in [2.75, 3.05) is 5.32 Å². The van der Waals surface area contributed by atoms with E-state index in [4.69, 9.17) is 34.8 Å². The van der Waals surface area contributed by atoms with Gasteiger partial charge >= 0.3 is 0 Å². The smallest absolute Gasteiger partial charge is 0.224 e. The summed E-state index contributed by atoms with van der Waals surface area (Å²) in [6.45, 7) is 6.06. The first kappa shape index (κ1) is 21.3. The fraction of sp³-hybridized carbons (Fsp3) is 0.353. The summed E-state index contributed by atoms with van der Waals surface area (Å²) >= 11 is 17.0. The predicted octanol–water partition coefficient (Wildman–Crippen LogP) is 5.07. The zero-order valence-corrected chi connectivity index (χ0v) is 17.5. The van der Waals surface area contributed by atoms with Crippen LogP contribution in [0, 0.1) is 0 Å². The zero-order chi connectivity index (χ0) is 19.8. The maximum absolute atomic E-state index is 5.84. The molecular weight excluding hydrogens is 409 g/mol. The van der Waals surface area contributed by atoms with Crippen molar-refractivity contribution in [3.05, 3.63) is 51.0 Å². The second kappa shape index (κ2) is 10.4. The highest BCUT2D eigenvalue weighted by atomic mass is 35.5. The van der Waals surface area contributed by atoms with E-state index in [2.05, 4.69) is 42.4 Å². The molecule has 3 heterocycles. The van der Waals surface area contributed by atoms with Gasteiger partial charge in [-0.3, -0.25) is 5.10 Å². The third kappa shape index (κ3) is 6.93. The fourth-order valence-corrected chi connectivity index (χ4v) is 2.71. The second-order valence-electron chi connectivity index (χ2n) is 5.43. The predicted molar refractivity (Wildman–Crippen MR) is 109 cm³/mol. The van der Waals surface area contributed by atoms with Crippen LogP contribution in [0.1, 0.15) is 37.9 Å². The number of aromatic amines is 1. The number of halogens is 3. The molecule has 27 heavy (non-hydrogen) atoms. The average molecular weight is 429 g/mol. The second-order valence-corrected chi connectivity index (χ2v) is 6.49. The van der Waals surface area contributed by atoms with Gasteiger partial charge in [-0.25, -0.2) is 19.9 Å². The van der Waals surface area contributed by atoms with Crippen LogP contribution in [-0.4, -0.2) is 30.1 Å². The number of aryl methyl sites for hydroxylation is 3. The summed E-state index contributed by atoms with van der Waals surface area (Å²) in [5, 5.41) is 11.0. The van der Waals surface area contributed by atoms with Crippen molar-refractivity contribution in [1.29, 1.82) is 0 Å². The minimum atomic E-state index is 0.212. The Labute approximate surface area is 172 Å². The average Bonchev–Trinajstić information content (AvgIpc) is 3.08. The van der Waals surface area contributed by atoms with Gasteiger partial charge in [0, 0.05) is 29.2 Å². The summed E-state index contributed by atoms with van der Waals surface area (Å²) in [7, 11) is 0.